The number of rotatable bonds is 5. The van der Waals surface area contributed by atoms with Crippen molar-refractivity contribution < 1.29 is 4.92 Å². The lowest BCUT2D eigenvalue weighted by atomic mass is 10.5. The third-order valence-electron chi connectivity index (χ3n) is 2.15. The van der Waals surface area contributed by atoms with Crippen molar-refractivity contribution >= 4 is 22.2 Å². The second kappa shape index (κ2) is 5.52. The van der Waals surface area contributed by atoms with Crippen molar-refractivity contribution in [3.8, 4) is 0 Å². The van der Waals surface area contributed by atoms with Gasteiger partial charge in [-0.3, -0.25) is 14.7 Å². The van der Waals surface area contributed by atoms with Crippen LogP contribution in [-0.4, -0.2) is 31.2 Å². The van der Waals surface area contributed by atoms with Crippen LogP contribution in [0.15, 0.2) is 17.2 Å². The van der Waals surface area contributed by atoms with Crippen molar-refractivity contribution in [1.29, 1.82) is 0 Å². The van der Waals surface area contributed by atoms with Crippen molar-refractivity contribution in [3.63, 3.8) is 0 Å². The van der Waals surface area contributed by atoms with E-state index in [2.05, 4.69) is 20.5 Å². The average Bonchev–Trinajstić information content (AvgIpc) is 2.80. The minimum Gasteiger partial charge on any atom is -0.360 e. The first kappa shape index (κ1) is 13.1. The normalized spacial score (nSPS) is 10.4. The molecule has 2 aromatic heterocycles. The summed E-state index contributed by atoms with van der Waals surface area (Å²) >= 11 is 1.28. The number of hydrogen-bond acceptors (Lipinski definition) is 8. The Morgan fingerprint density at radius 3 is 3.00 bits per heavy atom. The van der Waals surface area contributed by atoms with Gasteiger partial charge < -0.3 is 5.32 Å². The third kappa shape index (κ3) is 3.10. The minimum absolute atomic E-state index is 0.108. The van der Waals surface area contributed by atoms with Gasteiger partial charge in [-0.1, -0.05) is 11.3 Å². The monoisotopic (exact) mass is 282 g/mol. The smallest absolute Gasteiger partial charge is 0.348 e. The zero-order valence-corrected chi connectivity index (χ0v) is 10.8. The Morgan fingerprint density at radius 1 is 1.53 bits per heavy atom. The molecule has 0 bridgehead atoms. The van der Waals surface area contributed by atoms with Crippen molar-refractivity contribution in [2.45, 2.75) is 13.5 Å². The van der Waals surface area contributed by atoms with E-state index in [0.29, 0.717) is 16.7 Å². The second-order valence-electron chi connectivity index (χ2n) is 3.51. The molecule has 0 aliphatic carbocycles. The van der Waals surface area contributed by atoms with E-state index in [9.17, 15) is 14.9 Å². The van der Waals surface area contributed by atoms with Crippen LogP contribution in [0.5, 0.6) is 0 Å². The highest BCUT2D eigenvalue weighted by Gasteiger charge is 2.11. The summed E-state index contributed by atoms with van der Waals surface area (Å²) in [5.74, 6) is 0. The summed E-state index contributed by atoms with van der Waals surface area (Å²) in [5.41, 5.74) is -0.804. The molecule has 0 radical (unpaired) electrons. The first-order valence-corrected chi connectivity index (χ1v) is 6.19. The van der Waals surface area contributed by atoms with Crippen LogP contribution < -0.4 is 11.0 Å². The van der Waals surface area contributed by atoms with E-state index in [4.69, 9.17) is 0 Å². The maximum absolute atomic E-state index is 11.5. The Kier molecular flexibility index (Phi) is 3.80. The fraction of sp³-hybridized carbons (Fsp3) is 0.333. The Labute approximate surface area is 111 Å². The SMILES string of the molecule is CCNc1nnc(Cn2cc([N+](=O)[O-])cnc2=O)s1. The molecular weight excluding hydrogens is 272 g/mol. The molecule has 19 heavy (non-hydrogen) atoms. The molecule has 0 aliphatic heterocycles. The van der Waals surface area contributed by atoms with E-state index < -0.39 is 10.6 Å². The molecular formula is C9H10N6O3S. The number of hydrogen-bond donors (Lipinski definition) is 1. The predicted molar refractivity (Wildman–Crippen MR) is 68.3 cm³/mol. The number of nitrogens with one attached hydrogen (secondary N) is 1. The van der Waals surface area contributed by atoms with Crippen LogP contribution in [0, 0.1) is 10.1 Å². The van der Waals surface area contributed by atoms with Gasteiger partial charge in [0.15, 0.2) is 0 Å². The van der Waals surface area contributed by atoms with Gasteiger partial charge in [-0.05, 0) is 6.92 Å². The molecule has 0 aromatic carbocycles. The van der Waals surface area contributed by atoms with E-state index in [1.165, 1.54) is 11.3 Å². The summed E-state index contributed by atoms with van der Waals surface area (Å²) in [7, 11) is 0. The van der Waals surface area contributed by atoms with Gasteiger partial charge >= 0.3 is 11.4 Å². The van der Waals surface area contributed by atoms with Gasteiger partial charge in [-0.2, -0.15) is 4.98 Å². The van der Waals surface area contributed by atoms with Gasteiger partial charge in [-0.25, -0.2) is 4.79 Å². The molecule has 100 valence electrons. The lowest BCUT2D eigenvalue weighted by Gasteiger charge is -2.00. The molecule has 0 fully saturated rings. The third-order valence-corrected chi connectivity index (χ3v) is 3.02. The standard InChI is InChI=1S/C9H10N6O3S/c1-2-10-8-13-12-7(19-8)5-14-4-6(15(17)18)3-11-9(14)16/h3-4H,2,5H2,1H3,(H,10,13). The van der Waals surface area contributed by atoms with E-state index >= 15 is 0 Å². The number of nitro groups is 1. The van der Waals surface area contributed by atoms with Crippen molar-refractivity contribution in [2.24, 2.45) is 0 Å². The first-order chi connectivity index (χ1) is 9.10. The molecule has 1 N–H and O–H groups in total. The highest BCUT2D eigenvalue weighted by Crippen LogP contribution is 2.15. The zero-order chi connectivity index (χ0) is 13.8. The fourth-order valence-corrected chi connectivity index (χ4v) is 2.14. The van der Waals surface area contributed by atoms with Crippen LogP contribution in [0.3, 0.4) is 0 Å². The summed E-state index contributed by atoms with van der Waals surface area (Å²) in [4.78, 5) is 25.0. The van der Waals surface area contributed by atoms with Crippen molar-refractivity contribution in [2.75, 3.05) is 11.9 Å². The maximum atomic E-state index is 11.5. The quantitative estimate of drug-likeness (QED) is 0.626. The molecule has 0 spiro atoms. The molecule has 9 nitrogen and oxygen atoms in total. The topological polar surface area (TPSA) is 116 Å². The Bertz CT molecular complexity index is 651. The molecule has 0 atom stereocenters. The van der Waals surface area contributed by atoms with Crippen LogP contribution in [0.25, 0.3) is 0 Å². The van der Waals surface area contributed by atoms with Gasteiger partial charge in [0.2, 0.25) is 5.13 Å². The zero-order valence-electron chi connectivity index (χ0n) is 9.94. The van der Waals surface area contributed by atoms with E-state index in [0.717, 1.165) is 17.0 Å². The van der Waals surface area contributed by atoms with Crippen molar-refractivity contribution in [1.82, 2.24) is 19.7 Å². The average molecular weight is 282 g/mol. The molecule has 0 unspecified atom stereocenters. The van der Waals surface area contributed by atoms with Crippen LogP contribution >= 0.6 is 11.3 Å². The summed E-state index contributed by atoms with van der Waals surface area (Å²) in [6.45, 7) is 2.75. The first-order valence-electron chi connectivity index (χ1n) is 5.37. The number of nitrogens with zero attached hydrogens (tertiary/aromatic N) is 5. The Balaban J connectivity index is 2.24. The highest BCUT2D eigenvalue weighted by molar-refractivity contribution is 7.15. The predicted octanol–water partition coefficient (Wildman–Crippen LogP) is 0.483. The number of aromatic nitrogens is 4. The summed E-state index contributed by atoms with van der Waals surface area (Å²) in [6.07, 6.45) is 2.08. The lowest BCUT2D eigenvalue weighted by molar-refractivity contribution is -0.385. The molecule has 0 amide bonds. The van der Waals surface area contributed by atoms with Crippen LogP contribution in [-0.2, 0) is 6.54 Å². The summed E-state index contributed by atoms with van der Waals surface area (Å²) in [6, 6.07) is 0. The molecule has 2 rings (SSSR count). The molecule has 0 aliphatic rings. The largest absolute Gasteiger partial charge is 0.360 e. The van der Waals surface area contributed by atoms with Gasteiger partial charge in [0.25, 0.3) is 0 Å². The van der Waals surface area contributed by atoms with E-state index in [1.807, 2.05) is 6.92 Å². The molecule has 0 saturated heterocycles. The van der Waals surface area contributed by atoms with Crippen LogP contribution in [0.4, 0.5) is 10.8 Å². The van der Waals surface area contributed by atoms with Crippen molar-refractivity contribution in [3.05, 3.63) is 38.0 Å². The second-order valence-corrected chi connectivity index (χ2v) is 4.57. The minimum atomic E-state index is -0.604. The Hall–Kier alpha value is -2.36. The Morgan fingerprint density at radius 2 is 2.32 bits per heavy atom. The van der Waals surface area contributed by atoms with Gasteiger partial charge in [0, 0.05) is 6.54 Å². The molecule has 2 aromatic rings. The fourth-order valence-electron chi connectivity index (χ4n) is 1.34. The van der Waals surface area contributed by atoms with Gasteiger partial charge in [0.05, 0.1) is 17.7 Å². The van der Waals surface area contributed by atoms with E-state index in [-0.39, 0.29) is 12.2 Å². The summed E-state index contributed by atoms with van der Waals surface area (Å²) < 4.78 is 1.13. The molecule has 0 saturated carbocycles. The molecule has 2 heterocycles. The van der Waals surface area contributed by atoms with Crippen LogP contribution in [0.2, 0.25) is 0 Å². The summed E-state index contributed by atoms with van der Waals surface area (Å²) in [5, 5.41) is 22.6. The number of anilines is 1. The van der Waals surface area contributed by atoms with Gasteiger partial charge in [-0.15, -0.1) is 10.2 Å². The lowest BCUT2D eigenvalue weighted by Crippen LogP contribution is -2.22. The maximum Gasteiger partial charge on any atom is 0.348 e. The van der Waals surface area contributed by atoms with E-state index in [1.54, 1.807) is 0 Å². The van der Waals surface area contributed by atoms with Gasteiger partial charge in [0.1, 0.15) is 11.2 Å². The highest BCUT2D eigenvalue weighted by atomic mass is 32.1. The van der Waals surface area contributed by atoms with Crippen LogP contribution in [0.1, 0.15) is 11.9 Å². The molecule has 10 heteroatoms.